The van der Waals surface area contributed by atoms with E-state index in [4.69, 9.17) is 0 Å². The minimum atomic E-state index is 0.850. The fourth-order valence-corrected chi connectivity index (χ4v) is 0.317. The molecule has 0 spiro atoms. The Bertz CT molecular complexity index is 151. The molecular formula is C5H5NO. The molecule has 2 heteroatoms. The van der Waals surface area contributed by atoms with Gasteiger partial charge in [0.1, 0.15) is 6.26 Å². The third-order valence-corrected chi connectivity index (χ3v) is 0.600. The largest absolute Gasteiger partial charge is 0.461 e. The summed E-state index contributed by atoms with van der Waals surface area (Å²) < 4.78 is 4.69. The maximum atomic E-state index is 4.69. The summed E-state index contributed by atoms with van der Waals surface area (Å²) in [4.78, 5) is 3.76. The quantitative estimate of drug-likeness (QED) is 0.441. The Labute approximate surface area is 41.8 Å². The zero-order chi connectivity index (χ0) is 5.11. The van der Waals surface area contributed by atoms with Crippen LogP contribution in [0.5, 0.6) is 0 Å². The SMILES string of the molecule is CC1=COC=C=N1. The Balaban J connectivity index is 2.82. The van der Waals surface area contributed by atoms with Gasteiger partial charge in [-0.25, -0.2) is 4.99 Å². The summed E-state index contributed by atoms with van der Waals surface area (Å²) in [6.07, 6.45) is 2.98. The van der Waals surface area contributed by atoms with Crippen LogP contribution in [0.1, 0.15) is 6.92 Å². The first kappa shape index (κ1) is 4.16. The smallest absolute Gasteiger partial charge is 0.151 e. The topological polar surface area (TPSA) is 21.6 Å². The van der Waals surface area contributed by atoms with Crippen molar-refractivity contribution in [2.45, 2.75) is 6.92 Å². The van der Waals surface area contributed by atoms with Crippen LogP contribution in [0.2, 0.25) is 0 Å². The summed E-state index contributed by atoms with van der Waals surface area (Å²) in [5.74, 6) is 2.54. The van der Waals surface area contributed by atoms with E-state index in [9.17, 15) is 0 Å². The van der Waals surface area contributed by atoms with Crippen LogP contribution < -0.4 is 0 Å². The Kier molecular flexibility index (Phi) is 0.966. The molecule has 0 radical (unpaired) electrons. The zero-order valence-electron chi connectivity index (χ0n) is 4.01. The van der Waals surface area contributed by atoms with E-state index >= 15 is 0 Å². The van der Waals surface area contributed by atoms with Gasteiger partial charge in [0.05, 0.1) is 5.70 Å². The van der Waals surface area contributed by atoms with Crippen LogP contribution in [0.15, 0.2) is 23.2 Å². The fourth-order valence-electron chi connectivity index (χ4n) is 0.317. The molecule has 0 saturated heterocycles. The summed E-state index contributed by atoms with van der Waals surface area (Å²) in [5, 5.41) is 0. The standard InChI is InChI=1S/C5H5NO/c1-5-4-7-3-2-6-5/h3-4H,1H3. The molecule has 0 atom stereocenters. The van der Waals surface area contributed by atoms with E-state index in [2.05, 4.69) is 15.6 Å². The van der Waals surface area contributed by atoms with E-state index in [0.29, 0.717) is 0 Å². The molecule has 36 valence electrons. The van der Waals surface area contributed by atoms with Gasteiger partial charge in [0.2, 0.25) is 0 Å². The van der Waals surface area contributed by atoms with Crippen molar-refractivity contribution in [1.82, 2.24) is 0 Å². The molecule has 0 N–H and O–H groups in total. The van der Waals surface area contributed by atoms with Crippen molar-refractivity contribution in [3.63, 3.8) is 0 Å². The maximum absolute atomic E-state index is 4.69. The van der Waals surface area contributed by atoms with Crippen molar-refractivity contribution in [2.24, 2.45) is 4.99 Å². The van der Waals surface area contributed by atoms with Gasteiger partial charge in [-0.1, -0.05) is 0 Å². The third kappa shape index (κ3) is 0.913. The highest BCUT2D eigenvalue weighted by Crippen LogP contribution is 1.95. The monoisotopic (exact) mass is 95.0 g/mol. The molecule has 0 fully saturated rings. The van der Waals surface area contributed by atoms with E-state index in [1.54, 1.807) is 6.26 Å². The first-order valence-corrected chi connectivity index (χ1v) is 2.00. The number of hydrogen-bond acceptors (Lipinski definition) is 2. The van der Waals surface area contributed by atoms with Gasteiger partial charge in [0, 0.05) is 5.87 Å². The second-order valence-electron chi connectivity index (χ2n) is 1.25. The predicted molar refractivity (Wildman–Crippen MR) is 26.8 cm³/mol. The van der Waals surface area contributed by atoms with Crippen molar-refractivity contribution < 1.29 is 4.74 Å². The zero-order valence-corrected chi connectivity index (χ0v) is 4.01. The minimum absolute atomic E-state index is 0.850. The van der Waals surface area contributed by atoms with Crippen molar-refractivity contribution in [3.05, 3.63) is 18.2 Å². The molecule has 0 amide bonds. The Morgan fingerprint density at radius 2 is 2.71 bits per heavy atom. The molecule has 2 nitrogen and oxygen atoms in total. The summed E-state index contributed by atoms with van der Waals surface area (Å²) in [6.45, 7) is 1.85. The van der Waals surface area contributed by atoms with E-state index in [1.807, 2.05) is 6.92 Å². The van der Waals surface area contributed by atoms with E-state index in [1.165, 1.54) is 6.26 Å². The van der Waals surface area contributed by atoms with Crippen molar-refractivity contribution in [2.75, 3.05) is 0 Å². The van der Waals surface area contributed by atoms with Gasteiger partial charge < -0.3 is 4.74 Å². The van der Waals surface area contributed by atoms with Crippen molar-refractivity contribution >= 4 is 5.87 Å². The van der Waals surface area contributed by atoms with Gasteiger partial charge in [0.25, 0.3) is 0 Å². The average Bonchev–Trinajstić information content (AvgIpc) is 1.69. The van der Waals surface area contributed by atoms with Crippen LogP contribution in [0, 0.1) is 0 Å². The van der Waals surface area contributed by atoms with Gasteiger partial charge >= 0.3 is 0 Å². The molecule has 1 aliphatic rings. The average molecular weight is 95.1 g/mol. The second kappa shape index (κ2) is 1.63. The lowest BCUT2D eigenvalue weighted by atomic mass is 10.6. The highest BCUT2D eigenvalue weighted by molar-refractivity contribution is 5.52. The number of rotatable bonds is 0. The summed E-state index contributed by atoms with van der Waals surface area (Å²) in [6, 6.07) is 0. The number of aliphatic imine (C=N–C) groups is 1. The number of nitrogens with zero attached hydrogens (tertiary/aromatic N) is 1. The van der Waals surface area contributed by atoms with Gasteiger partial charge in [-0.2, -0.15) is 0 Å². The van der Waals surface area contributed by atoms with Crippen LogP contribution in [0.3, 0.4) is 0 Å². The second-order valence-corrected chi connectivity index (χ2v) is 1.25. The Morgan fingerprint density at radius 3 is 3.00 bits per heavy atom. The first-order chi connectivity index (χ1) is 3.39. The van der Waals surface area contributed by atoms with E-state index in [-0.39, 0.29) is 0 Å². The number of ether oxygens (including phenoxy) is 1. The van der Waals surface area contributed by atoms with Crippen LogP contribution >= 0.6 is 0 Å². The lowest BCUT2D eigenvalue weighted by molar-refractivity contribution is 0.400. The van der Waals surface area contributed by atoms with Crippen LogP contribution in [0.25, 0.3) is 0 Å². The molecule has 0 saturated carbocycles. The van der Waals surface area contributed by atoms with Crippen LogP contribution in [0.4, 0.5) is 0 Å². The highest BCUT2D eigenvalue weighted by atomic mass is 16.5. The maximum Gasteiger partial charge on any atom is 0.151 e. The molecule has 1 rings (SSSR count). The summed E-state index contributed by atoms with van der Waals surface area (Å²) in [7, 11) is 0. The highest BCUT2D eigenvalue weighted by Gasteiger charge is 1.82. The Hall–Kier alpha value is -1.01. The molecule has 0 unspecified atom stereocenters. The first-order valence-electron chi connectivity index (χ1n) is 2.00. The van der Waals surface area contributed by atoms with Crippen molar-refractivity contribution in [3.8, 4) is 0 Å². The van der Waals surface area contributed by atoms with Crippen LogP contribution in [-0.4, -0.2) is 5.87 Å². The molecule has 0 aromatic carbocycles. The summed E-state index contributed by atoms with van der Waals surface area (Å²) in [5.41, 5.74) is 0.850. The lowest BCUT2D eigenvalue weighted by Gasteiger charge is -1.91. The molecular weight excluding hydrogens is 90.1 g/mol. The molecule has 7 heavy (non-hydrogen) atoms. The van der Waals surface area contributed by atoms with Gasteiger partial charge in [-0.05, 0) is 6.92 Å². The fraction of sp³-hybridized carbons (Fsp3) is 0.200. The van der Waals surface area contributed by atoms with E-state index < -0.39 is 0 Å². The molecule has 1 aliphatic heterocycles. The summed E-state index contributed by atoms with van der Waals surface area (Å²) >= 11 is 0. The van der Waals surface area contributed by atoms with Gasteiger partial charge in [0.15, 0.2) is 6.26 Å². The number of allylic oxidation sites excluding steroid dienone is 1. The Morgan fingerprint density at radius 1 is 1.86 bits per heavy atom. The van der Waals surface area contributed by atoms with Crippen LogP contribution in [-0.2, 0) is 4.74 Å². The minimum Gasteiger partial charge on any atom is -0.461 e. The van der Waals surface area contributed by atoms with Gasteiger partial charge in [-0.15, -0.1) is 0 Å². The van der Waals surface area contributed by atoms with Gasteiger partial charge in [-0.3, -0.25) is 0 Å². The molecule has 0 bridgehead atoms. The molecule has 0 aromatic heterocycles. The number of hydrogen-bond donors (Lipinski definition) is 0. The molecule has 0 aliphatic carbocycles. The molecule has 1 heterocycles. The normalized spacial score (nSPS) is 15.9. The predicted octanol–water partition coefficient (Wildman–Crippen LogP) is 1.06. The van der Waals surface area contributed by atoms with E-state index in [0.717, 1.165) is 5.70 Å². The van der Waals surface area contributed by atoms with Crippen molar-refractivity contribution in [1.29, 1.82) is 0 Å². The lowest BCUT2D eigenvalue weighted by Crippen LogP contribution is -1.77. The third-order valence-electron chi connectivity index (χ3n) is 0.600. The molecule has 0 aromatic rings.